The van der Waals surface area contributed by atoms with Gasteiger partial charge in [0.2, 0.25) is 0 Å². The molecule has 0 bridgehead atoms. The molecule has 13 heavy (non-hydrogen) atoms. The van der Waals surface area contributed by atoms with Gasteiger partial charge in [0.25, 0.3) is 0 Å². The minimum atomic E-state index is -0.0609. The number of aliphatic hydroxyl groups is 1. The van der Waals surface area contributed by atoms with Gasteiger partial charge in [0.1, 0.15) is 0 Å². The summed E-state index contributed by atoms with van der Waals surface area (Å²) >= 11 is 1.81. The Hall–Kier alpha value is -0.380. The fraction of sp³-hybridized carbons (Fsp3) is 0.600. The highest BCUT2D eigenvalue weighted by Crippen LogP contribution is 2.33. The Labute approximate surface area is 82.6 Å². The van der Waals surface area contributed by atoms with E-state index in [1.165, 1.54) is 4.88 Å². The molecule has 72 valence electrons. The van der Waals surface area contributed by atoms with Crippen molar-refractivity contribution in [2.45, 2.75) is 24.8 Å². The molecule has 1 saturated heterocycles. The summed E-state index contributed by atoms with van der Waals surface area (Å²) in [6, 6.07) is 4.27. The Balaban J connectivity index is 2.07. The molecule has 0 amide bonds. The predicted molar refractivity (Wildman–Crippen MR) is 55.2 cm³/mol. The van der Waals surface area contributed by atoms with Crippen molar-refractivity contribution in [3.8, 4) is 0 Å². The van der Waals surface area contributed by atoms with E-state index in [4.69, 9.17) is 0 Å². The fourth-order valence-electron chi connectivity index (χ4n) is 1.90. The van der Waals surface area contributed by atoms with Crippen LogP contribution in [0.1, 0.15) is 24.1 Å². The van der Waals surface area contributed by atoms with Crippen LogP contribution in [0.3, 0.4) is 0 Å². The zero-order valence-corrected chi connectivity index (χ0v) is 8.60. The van der Waals surface area contributed by atoms with Gasteiger partial charge in [-0.25, -0.2) is 0 Å². The van der Waals surface area contributed by atoms with Crippen molar-refractivity contribution in [2.24, 2.45) is 0 Å². The molecule has 2 nitrogen and oxygen atoms in total. The van der Waals surface area contributed by atoms with Crippen LogP contribution in [-0.4, -0.2) is 23.8 Å². The second-order valence-corrected chi connectivity index (χ2v) is 5.00. The normalized spacial score (nSPS) is 33.8. The third-order valence-corrected chi connectivity index (χ3v) is 3.80. The van der Waals surface area contributed by atoms with Gasteiger partial charge in [-0.3, -0.25) is 0 Å². The maximum Gasteiger partial charge on any atom is 0.0610 e. The number of rotatable bonds is 2. The standard InChI is InChI=1S/C10H15NOS/c1-10(7-12)5-8(6-11-10)9-3-2-4-13-9/h2-4,8,11-12H,5-7H2,1H3. The van der Waals surface area contributed by atoms with Crippen LogP contribution in [0, 0.1) is 0 Å². The molecule has 2 unspecified atom stereocenters. The highest BCUT2D eigenvalue weighted by molar-refractivity contribution is 7.10. The second-order valence-electron chi connectivity index (χ2n) is 4.02. The third kappa shape index (κ3) is 1.77. The number of thiophene rings is 1. The molecule has 3 heteroatoms. The summed E-state index contributed by atoms with van der Waals surface area (Å²) in [4.78, 5) is 1.43. The largest absolute Gasteiger partial charge is 0.394 e. The Kier molecular flexibility index (Phi) is 2.41. The van der Waals surface area contributed by atoms with Gasteiger partial charge in [0, 0.05) is 22.9 Å². The molecule has 2 atom stereocenters. The number of hydrogen-bond acceptors (Lipinski definition) is 3. The average Bonchev–Trinajstić information content (AvgIpc) is 2.73. The predicted octanol–water partition coefficient (Wildman–Crippen LogP) is 1.58. The Morgan fingerprint density at radius 1 is 1.77 bits per heavy atom. The van der Waals surface area contributed by atoms with E-state index in [0.29, 0.717) is 5.92 Å². The Bertz CT molecular complexity index is 272. The van der Waals surface area contributed by atoms with Gasteiger partial charge >= 0.3 is 0 Å². The Morgan fingerprint density at radius 2 is 2.62 bits per heavy atom. The maximum atomic E-state index is 9.18. The summed E-state index contributed by atoms with van der Waals surface area (Å²) < 4.78 is 0. The lowest BCUT2D eigenvalue weighted by Gasteiger charge is -2.20. The molecule has 1 aromatic heterocycles. The first kappa shape index (κ1) is 9.19. The summed E-state index contributed by atoms with van der Waals surface area (Å²) in [5.41, 5.74) is -0.0609. The number of hydrogen-bond donors (Lipinski definition) is 2. The van der Waals surface area contributed by atoms with Gasteiger partial charge < -0.3 is 10.4 Å². The lowest BCUT2D eigenvalue weighted by atomic mass is 9.95. The molecule has 0 radical (unpaired) electrons. The average molecular weight is 197 g/mol. The van der Waals surface area contributed by atoms with Crippen LogP contribution < -0.4 is 5.32 Å². The summed E-state index contributed by atoms with van der Waals surface area (Å²) in [6.45, 7) is 3.31. The van der Waals surface area contributed by atoms with Gasteiger partial charge in [-0.15, -0.1) is 11.3 Å². The first-order valence-electron chi connectivity index (χ1n) is 4.63. The van der Waals surface area contributed by atoms with Crippen LogP contribution in [-0.2, 0) is 0 Å². The van der Waals surface area contributed by atoms with E-state index in [0.717, 1.165) is 13.0 Å². The summed E-state index contributed by atoms with van der Waals surface area (Å²) in [5, 5.41) is 14.7. The molecule has 0 aliphatic carbocycles. The zero-order chi connectivity index (χ0) is 9.31. The van der Waals surface area contributed by atoms with Gasteiger partial charge in [0.15, 0.2) is 0 Å². The van der Waals surface area contributed by atoms with E-state index < -0.39 is 0 Å². The van der Waals surface area contributed by atoms with Crippen LogP contribution in [0.2, 0.25) is 0 Å². The van der Waals surface area contributed by atoms with Crippen LogP contribution in [0.4, 0.5) is 0 Å². The van der Waals surface area contributed by atoms with Crippen LogP contribution in [0.5, 0.6) is 0 Å². The maximum absolute atomic E-state index is 9.18. The van der Waals surface area contributed by atoms with Crippen molar-refractivity contribution < 1.29 is 5.11 Å². The third-order valence-electron chi connectivity index (χ3n) is 2.77. The van der Waals surface area contributed by atoms with Crippen molar-refractivity contribution in [3.05, 3.63) is 22.4 Å². The second kappa shape index (κ2) is 3.40. The van der Waals surface area contributed by atoms with Crippen molar-refractivity contribution in [1.82, 2.24) is 5.32 Å². The molecule has 2 heterocycles. The molecule has 1 aliphatic heterocycles. The fourth-order valence-corrected chi connectivity index (χ4v) is 2.73. The quantitative estimate of drug-likeness (QED) is 0.754. The summed E-state index contributed by atoms with van der Waals surface area (Å²) in [5.74, 6) is 0.595. The lowest BCUT2D eigenvalue weighted by Crippen LogP contribution is -2.39. The van der Waals surface area contributed by atoms with E-state index in [9.17, 15) is 5.11 Å². The number of aliphatic hydroxyl groups excluding tert-OH is 1. The van der Waals surface area contributed by atoms with Gasteiger partial charge in [-0.1, -0.05) is 6.07 Å². The Morgan fingerprint density at radius 3 is 3.15 bits per heavy atom. The molecule has 2 rings (SSSR count). The summed E-state index contributed by atoms with van der Waals surface area (Å²) in [6.07, 6.45) is 1.05. The van der Waals surface area contributed by atoms with Crippen molar-refractivity contribution >= 4 is 11.3 Å². The summed E-state index contributed by atoms with van der Waals surface area (Å²) in [7, 11) is 0. The highest BCUT2D eigenvalue weighted by atomic mass is 32.1. The topological polar surface area (TPSA) is 32.3 Å². The van der Waals surface area contributed by atoms with E-state index in [1.54, 1.807) is 0 Å². The van der Waals surface area contributed by atoms with Crippen LogP contribution >= 0.6 is 11.3 Å². The van der Waals surface area contributed by atoms with Crippen LogP contribution in [0.15, 0.2) is 17.5 Å². The zero-order valence-electron chi connectivity index (χ0n) is 7.79. The van der Waals surface area contributed by atoms with E-state index in [1.807, 2.05) is 11.3 Å². The molecule has 1 aliphatic rings. The molecule has 0 spiro atoms. The molecular formula is C10H15NOS. The first-order chi connectivity index (χ1) is 6.23. The van der Waals surface area contributed by atoms with Crippen LogP contribution in [0.25, 0.3) is 0 Å². The molecule has 1 aromatic rings. The van der Waals surface area contributed by atoms with Crippen molar-refractivity contribution in [1.29, 1.82) is 0 Å². The van der Waals surface area contributed by atoms with Crippen molar-refractivity contribution in [2.75, 3.05) is 13.2 Å². The minimum Gasteiger partial charge on any atom is -0.394 e. The van der Waals surface area contributed by atoms with E-state index in [2.05, 4.69) is 29.8 Å². The molecule has 0 aromatic carbocycles. The first-order valence-corrected chi connectivity index (χ1v) is 5.51. The molecule has 2 N–H and O–H groups in total. The van der Waals surface area contributed by atoms with Gasteiger partial charge in [-0.2, -0.15) is 0 Å². The lowest BCUT2D eigenvalue weighted by molar-refractivity contribution is 0.191. The van der Waals surface area contributed by atoms with E-state index >= 15 is 0 Å². The van der Waals surface area contributed by atoms with Gasteiger partial charge in [0.05, 0.1) is 6.61 Å². The van der Waals surface area contributed by atoms with Crippen molar-refractivity contribution in [3.63, 3.8) is 0 Å². The monoisotopic (exact) mass is 197 g/mol. The molecule has 0 saturated carbocycles. The van der Waals surface area contributed by atoms with Gasteiger partial charge in [-0.05, 0) is 24.8 Å². The minimum absolute atomic E-state index is 0.0609. The highest BCUT2D eigenvalue weighted by Gasteiger charge is 2.34. The number of nitrogens with one attached hydrogen (secondary N) is 1. The molecule has 1 fully saturated rings. The van der Waals surface area contributed by atoms with E-state index in [-0.39, 0.29) is 12.1 Å². The molecular weight excluding hydrogens is 182 g/mol. The SMILES string of the molecule is CC1(CO)CC(c2cccs2)CN1. The smallest absolute Gasteiger partial charge is 0.0610 e.